The molecule has 0 spiro atoms. The standard InChI is InChI=1S/C19H15N3O2S/c1-24-15-9-7-14(8-10-15)20-18(23)16-17(13-5-3-2-4-6-13)22-11-12-25-19(22)21-16/h2-12H,1H3,(H,20,23). The molecular formula is C19H15N3O2S. The molecule has 0 unspecified atom stereocenters. The molecule has 4 rings (SSSR count). The fourth-order valence-corrected chi connectivity index (χ4v) is 3.39. The number of methoxy groups -OCH3 is 1. The molecule has 1 amide bonds. The van der Waals surface area contributed by atoms with Gasteiger partial charge < -0.3 is 10.1 Å². The summed E-state index contributed by atoms with van der Waals surface area (Å²) in [7, 11) is 1.61. The van der Waals surface area contributed by atoms with Gasteiger partial charge >= 0.3 is 0 Å². The maximum absolute atomic E-state index is 12.8. The van der Waals surface area contributed by atoms with Crippen LogP contribution in [0.5, 0.6) is 5.75 Å². The zero-order valence-electron chi connectivity index (χ0n) is 13.5. The van der Waals surface area contributed by atoms with Gasteiger partial charge in [-0.05, 0) is 24.3 Å². The number of nitrogens with zero attached hydrogens (tertiary/aromatic N) is 2. The van der Waals surface area contributed by atoms with Crippen molar-refractivity contribution in [3.63, 3.8) is 0 Å². The van der Waals surface area contributed by atoms with Crippen LogP contribution in [0.25, 0.3) is 16.2 Å². The summed E-state index contributed by atoms with van der Waals surface area (Å²) in [6, 6.07) is 17.0. The van der Waals surface area contributed by atoms with Gasteiger partial charge in [-0.25, -0.2) is 4.98 Å². The highest BCUT2D eigenvalue weighted by molar-refractivity contribution is 7.15. The predicted molar refractivity (Wildman–Crippen MR) is 99.5 cm³/mol. The van der Waals surface area contributed by atoms with Crippen LogP contribution < -0.4 is 10.1 Å². The summed E-state index contributed by atoms with van der Waals surface area (Å²) in [5.41, 5.74) is 2.85. The minimum atomic E-state index is -0.236. The van der Waals surface area contributed by atoms with E-state index in [0.717, 1.165) is 22.0 Å². The molecule has 0 saturated carbocycles. The third-order valence-electron chi connectivity index (χ3n) is 3.87. The molecule has 0 fully saturated rings. The van der Waals surface area contributed by atoms with E-state index < -0.39 is 0 Å². The van der Waals surface area contributed by atoms with E-state index >= 15 is 0 Å². The Balaban J connectivity index is 1.73. The second-order valence-corrected chi connectivity index (χ2v) is 6.29. The molecule has 2 aromatic heterocycles. The molecule has 5 nitrogen and oxygen atoms in total. The number of hydrogen-bond acceptors (Lipinski definition) is 4. The highest BCUT2D eigenvalue weighted by Gasteiger charge is 2.21. The predicted octanol–water partition coefficient (Wildman–Crippen LogP) is 4.32. The van der Waals surface area contributed by atoms with Gasteiger partial charge in [-0.3, -0.25) is 9.20 Å². The van der Waals surface area contributed by atoms with Crippen molar-refractivity contribution in [2.45, 2.75) is 0 Å². The van der Waals surface area contributed by atoms with Crippen LogP contribution in [-0.4, -0.2) is 22.4 Å². The molecular weight excluding hydrogens is 334 g/mol. The quantitative estimate of drug-likeness (QED) is 0.597. The lowest BCUT2D eigenvalue weighted by atomic mass is 10.1. The van der Waals surface area contributed by atoms with Gasteiger partial charge in [0.2, 0.25) is 0 Å². The molecule has 124 valence electrons. The lowest BCUT2D eigenvalue weighted by Crippen LogP contribution is -2.13. The van der Waals surface area contributed by atoms with Gasteiger partial charge in [-0.1, -0.05) is 30.3 Å². The zero-order chi connectivity index (χ0) is 17.2. The minimum Gasteiger partial charge on any atom is -0.497 e. The molecule has 0 aliphatic heterocycles. The molecule has 0 atom stereocenters. The number of carbonyl (C=O) groups excluding carboxylic acids is 1. The molecule has 0 aliphatic carbocycles. The van der Waals surface area contributed by atoms with Crippen LogP contribution in [0, 0.1) is 0 Å². The average molecular weight is 349 g/mol. The van der Waals surface area contributed by atoms with Crippen molar-refractivity contribution < 1.29 is 9.53 Å². The van der Waals surface area contributed by atoms with Gasteiger partial charge in [-0.2, -0.15) is 0 Å². The van der Waals surface area contributed by atoms with Gasteiger partial charge in [-0.15, -0.1) is 11.3 Å². The van der Waals surface area contributed by atoms with Crippen molar-refractivity contribution in [3.05, 3.63) is 71.9 Å². The smallest absolute Gasteiger partial charge is 0.276 e. The van der Waals surface area contributed by atoms with Crippen molar-refractivity contribution in [2.24, 2.45) is 0 Å². The molecule has 25 heavy (non-hydrogen) atoms. The molecule has 0 radical (unpaired) electrons. The van der Waals surface area contributed by atoms with Crippen molar-refractivity contribution in [1.82, 2.24) is 9.38 Å². The molecule has 2 aromatic carbocycles. The van der Waals surface area contributed by atoms with E-state index in [0.29, 0.717) is 11.4 Å². The highest BCUT2D eigenvalue weighted by Crippen LogP contribution is 2.28. The number of aromatic nitrogens is 2. The lowest BCUT2D eigenvalue weighted by molar-refractivity contribution is 0.102. The minimum absolute atomic E-state index is 0.236. The summed E-state index contributed by atoms with van der Waals surface area (Å²) in [6.45, 7) is 0. The summed E-state index contributed by atoms with van der Waals surface area (Å²) >= 11 is 1.50. The normalized spacial score (nSPS) is 10.8. The maximum atomic E-state index is 12.8. The van der Waals surface area contributed by atoms with Crippen LogP contribution in [0.2, 0.25) is 0 Å². The van der Waals surface area contributed by atoms with Crippen LogP contribution in [0.15, 0.2) is 66.2 Å². The van der Waals surface area contributed by atoms with Gasteiger partial charge in [0.05, 0.1) is 12.8 Å². The fraction of sp³-hybridized carbons (Fsp3) is 0.0526. The first-order valence-electron chi connectivity index (χ1n) is 7.72. The Morgan fingerprint density at radius 2 is 1.88 bits per heavy atom. The number of rotatable bonds is 4. The summed E-state index contributed by atoms with van der Waals surface area (Å²) in [6.07, 6.45) is 1.93. The van der Waals surface area contributed by atoms with E-state index in [1.807, 2.05) is 46.3 Å². The van der Waals surface area contributed by atoms with E-state index in [1.54, 1.807) is 31.4 Å². The van der Waals surface area contributed by atoms with Crippen LogP contribution >= 0.6 is 11.3 Å². The molecule has 4 aromatic rings. The van der Waals surface area contributed by atoms with Crippen LogP contribution in [0.4, 0.5) is 5.69 Å². The van der Waals surface area contributed by atoms with Crippen molar-refractivity contribution in [3.8, 4) is 17.0 Å². The Morgan fingerprint density at radius 3 is 2.60 bits per heavy atom. The van der Waals surface area contributed by atoms with E-state index in [1.165, 1.54) is 11.3 Å². The number of amides is 1. The van der Waals surface area contributed by atoms with Gasteiger partial charge in [0.15, 0.2) is 10.7 Å². The van der Waals surface area contributed by atoms with E-state index in [2.05, 4.69) is 10.3 Å². The third kappa shape index (κ3) is 2.88. The largest absolute Gasteiger partial charge is 0.497 e. The molecule has 1 N–H and O–H groups in total. The summed E-state index contributed by atoms with van der Waals surface area (Å²) in [4.78, 5) is 18.1. The first kappa shape index (κ1) is 15.4. The number of ether oxygens (including phenoxy) is 1. The molecule has 0 saturated heterocycles. The summed E-state index contributed by atoms with van der Waals surface area (Å²) in [5, 5.41) is 4.86. The number of hydrogen-bond donors (Lipinski definition) is 1. The Labute approximate surface area is 148 Å². The first-order chi connectivity index (χ1) is 12.3. The van der Waals surface area contributed by atoms with Gasteiger partial charge in [0.25, 0.3) is 5.91 Å². The van der Waals surface area contributed by atoms with E-state index in [9.17, 15) is 4.79 Å². The number of fused-ring (bicyclic) bond motifs is 1. The SMILES string of the molecule is COc1ccc(NC(=O)c2nc3sccn3c2-c2ccccc2)cc1. The Bertz CT molecular complexity index is 1020. The van der Waals surface area contributed by atoms with E-state index in [4.69, 9.17) is 4.74 Å². The Morgan fingerprint density at radius 1 is 1.12 bits per heavy atom. The maximum Gasteiger partial charge on any atom is 0.276 e. The van der Waals surface area contributed by atoms with Gasteiger partial charge in [0, 0.05) is 22.8 Å². The second kappa shape index (κ2) is 6.41. The summed E-state index contributed by atoms with van der Waals surface area (Å²) < 4.78 is 7.09. The molecule has 2 heterocycles. The Hall–Kier alpha value is -3.12. The fourth-order valence-electron chi connectivity index (χ4n) is 2.68. The monoisotopic (exact) mass is 349 g/mol. The topological polar surface area (TPSA) is 55.6 Å². The first-order valence-corrected chi connectivity index (χ1v) is 8.60. The van der Waals surface area contributed by atoms with Crippen LogP contribution in [0.3, 0.4) is 0 Å². The molecule has 0 bridgehead atoms. The number of thiazole rings is 1. The van der Waals surface area contributed by atoms with Crippen LogP contribution in [-0.2, 0) is 0 Å². The van der Waals surface area contributed by atoms with E-state index in [-0.39, 0.29) is 5.91 Å². The van der Waals surface area contributed by atoms with Gasteiger partial charge in [0.1, 0.15) is 5.75 Å². The lowest BCUT2D eigenvalue weighted by Gasteiger charge is -2.07. The number of imidazole rings is 1. The highest BCUT2D eigenvalue weighted by atomic mass is 32.1. The second-order valence-electron chi connectivity index (χ2n) is 5.41. The van der Waals surface area contributed by atoms with Crippen molar-refractivity contribution >= 4 is 27.9 Å². The molecule has 0 aliphatic rings. The number of benzene rings is 2. The third-order valence-corrected chi connectivity index (χ3v) is 4.63. The molecule has 6 heteroatoms. The van der Waals surface area contributed by atoms with Crippen molar-refractivity contribution in [1.29, 1.82) is 0 Å². The number of nitrogens with one attached hydrogen (secondary N) is 1. The Kier molecular flexibility index (Phi) is 3.95. The summed E-state index contributed by atoms with van der Waals surface area (Å²) in [5.74, 6) is 0.505. The van der Waals surface area contributed by atoms with Crippen molar-refractivity contribution in [2.75, 3.05) is 12.4 Å². The number of anilines is 1. The zero-order valence-corrected chi connectivity index (χ0v) is 14.3. The average Bonchev–Trinajstić information content (AvgIpc) is 3.24. The number of carbonyl (C=O) groups is 1. The van der Waals surface area contributed by atoms with Crippen LogP contribution in [0.1, 0.15) is 10.5 Å².